The van der Waals surface area contributed by atoms with E-state index in [9.17, 15) is 22.6 Å². The fourth-order valence-corrected chi connectivity index (χ4v) is 6.56. The fourth-order valence-electron chi connectivity index (χ4n) is 5.60. The molecule has 8 nitrogen and oxygen atoms in total. The first-order valence-electron chi connectivity index (χ1n) is 12.6. The third-order valence-corrected chi connectivity index (χ3v) is 8.31. The molecule has 0 aromatic heterocycles. The van der Waals surface area contributed by atoms with Crippen molar-refractivity contribution in [3.8, 4) is 0 Å². The maximum absolute atomic E-state index is 13.4. The molecule has 4 atom stereocenters. The molecule has 0 aromatic carbocycles. The number of amides is 2. The molecule has 4 unspecified atom stereocenters. The Morgan fingerprint density at radius 2 is 1.88 bits per heavy atom. The summed E-state index contributed by atoms with van der Waals surface area (Å²) in [7, 11) is -4.48. The summed E-state index contributed by atoms with van der Waals surface area (Å²) in [6, 6.07) is 0.628. The Hall–Kier alpha value is -1.19. The molecule has 0 spiro atoms. The summed E-state index contributed by atoms with van der Waals surface area (Å²) < 4.78 is 34.0. The molecule has 2 aliphatic rings. The highest BCUT2D eigenvalue weighted by Gasteiger charge is 2.35. The molecule has 33 heavy (non-hydrogen) atoms. The predicted octanol–water partition coefficient (Wildman–Crippen LogP) is 2.88. The van der Waals surface area contributed by atoms with Crippen molar-refractivity contribution in [1.82, 2.24) is 15.1 Å². The number of nitrogens with one attached hydrogen (secondary N) is 1. The first kappa shape index (κ1) is 28.1. The number of hydrogen-bond donors (Lipinski definition) is 1. The quantitative estimate of drug-likeness (QED) is 0.450. The molecule has 192 valence electrons. The average Bonchev–Trinajstić information content (AvgIpc) is 3.00. The van der Waals surface area contributed by atoms with E-state index in [1.807, 2.05) is 11.8 Å². The van der Waals surface area contributed by atoms with Crippen LogP contribution in [0, 0.1) is 5.92 Å². The molecule has 0 aliphatic carbocycles. The molecule has 9 heteroatoms. The normalized spacial score (nSPS) is 23.8. The molecule has 2 amide bonds. The minimum Gasteiger partial charge on any atom is -0.748 e. The van der Waals surface area contributed by atoms with Crippen LogP contribution in [0.3, 0.4) is 0 Å². The van der Waals surface area contributed by atoms with Gasteiger partial charge in [0.05, 0.1) is 15.9 Å². The highest BCUT2D eigenvalue weighted by molar-refractivity contribution is 7.85. The predicted molar refractivity (Wildman–Crippen MR) is 129 cm³/mol. The smallest absolute Gasteiger partial charge is 0.223 e. The number of carbonyl (C=O) groups is 2. The highest BCUT2D eigenvalue weighted by atomic mass is 32.2. The van der Waals surface area contributed by atoms with Gasteiger partial charge in [0.1, 0.15) is 0 Å². The molecule has 0 bridgehead atoms. The maximum atomic E-state index is 13.4. The van der Waals surface area contributed by atoms with Crippen LogP contribution in [0.1, 0.15) is 92.4 Å². The molecule has 2 fully saturated rings. The van der Waals surface area contributed by atoms with Gasteiger partial charge in [0.15, 0.2) is 0 Å². The highest BCUT2D eigenvalue weighted by Crippen LogP contribution is 2.28. The van der Waals surface area contributed by atoms with Gasteiger partial charge in [-0.15, -0.1) is 0 Å². The van der Waals surface area contributed by atoms with E-state index in [2.05, 4.69) is 24.1 Å². The second-order valence-electron chi connectivity index (χ2n) is 10.8. The van der Waals surface area contributed by atoms with Gasteiger partial charge in [-0.25, -0.2) is 8.42 Å². The number of hydrogen-bond acceptors (Lipinski definition) is 6. The van der Waals surface area contributed by atoms with Gasteiger partial charge >= 0.3 is 0 Å². The summed E-state index contributed by atoms with van der Waals surface area (Å²) in [6.45, 7) is 11.3. The number of nitrogens with zero attached hydrogens (tertiary/aromatic N) is 2. The summed E-state index contributed by atoms with van der Waals surface area (Å²) in [6.07, 6.45) is 8.26. The summed E-state index contributed by atoms with van der Waals surface area (Å²) in [5.74, 6) is -1.13. The Morgan fingerprint density at radius 3 is 2.45 bits per heavy atom. The van der Waals surface area contributed by atoms with Crippen LogP contribution >= 0.6 is 0 Å². The molecule has 1 N–H and O–H groups in total. The van der Waals surface area contributed by atoms with Crippen molar-refractivity contribution in [1.29, 1.82) is 0 Å². The van der Waals surface area contributed by atoms with Crippen LogP contribution in [0.5, 0.6) is 0 Å². The lowest BCUT2D eigenvalue weighted by Gasteiger charge is -2.38. The zero-order chi connectivity index (χ0) is 24.8. The average molecular weight is 487 g/mol. The Bertz CT molecular complexity index is 770. The molecule has 2 heterocycles. The van der Waals surface area contributed by atoms with Crippen molar-refractivity contribution in [2.24, 2.45) is 5.92 Å². The number of carbonyl (C=O) groups excluding carboxylic acids is 2. The van der Waals surface area contributed by atoms with E-state index in [0.29, 0.717) is 31.8 Å². The zero-order valence-corrected chi connectivity index (χ0v) is 22.0. The molecule has 0 saturated carbocycles. The van der Waals surface area contributed by atoms with E-state index in [-0.39, 0.29) is 29.8 Å². The zero-order valence-electron chi connectivity index (χ0n) is 21.1. The van der Waals surface area contributed by atoms with Crippen LogP contribution in [0.25, 0.3) is 0 Å². The summed E-state index contributed by atoms with van der Waals surface area (Å²) in [4.78, 5) is 30.1. The standard InChI is InChI=1S/C24H45N3O5S/c1-6-21(26-13-9-7-8-11-18(26)2)16-20(15-19(3)27-14-10-12-22(27)28)23(29)25-24(4,5)17-33(30,31)32/h18-21H,6-17H2,1-5H3,(H,25,29)(H,30,31,32)/p-1. The van der Waals surface area contributed by atoms with Crippen molar-refractivity contribution in [2.45, 2.75) is 116 Å². The molecule has 2 aliphatic heterocycles. The van der Waals surface area contributed by atoms with Crippen LogP contribution in [-0.4, -0.2) is 77.1 Å². The Labute approximate surface area is 200 Å². The third-order valence-electron chi connectivity index (χ3n) is 7.24. The van der Waals surface area contributed by atoms with Gasteiger partial charge in [-0.05, 0) is 72.8 Å². The van der Waals surface area contributed by atoms with Gasteiger partial charge in [-0.1, -0.05) is 19.8 Å². The van der Waals surface area contributed by atoms with Crippen LogP contribution in [0.15, 0.2) is 0 Å². The van der Waals surface area contributed by atoms with E-state index >= 15 is 0 Å². The first-order chi connectivity index (χ1) is 15.3. The summed E-state index contributed by atoms with van der Waals surface area (Å²) in [5.41, 5.74) is -1.15. The third kappa shape index (κ3) is 8.83. The van der Waals surface area contributed by atoms with Crippen LogP contribution in [-0.2, 0) is 19.7 Å². The van der Waals surface area contributed by atoms with Crippen molar-refractivity contribution in [2.75, 3.05) is 18.8 Å². The van der Waals surface area contributed by atoms with Gasteiger partial charge in [0.25, 0.3) is 0 Å². The number of rotatable bonds is 11. The molecular weight excluding hydrogens is 442 g/mol. The Morgan fingerprint density at radius 1 is 1.18 bits per heavy atom. The lowest BCUT2D eigenvalue weighted by atomic mass is 9.88. The molecule has 0 radical (unpaired) electrons. The lowest BCUT2D eigenvalue weighted by Crippen LogP contribution is -2.52. The van der Waals surface area contributed by atoms with Crippen molar-refractivity contribution in [3.63, 3.8) is 0 Å². The van der Waals surface area contributed by atoms with E-state index in [1.54, 1.807) is 13.8 Å². The fraction of sp³-hybridized carbons (Fsp3) is 0.917. The summed E-state index contributed by atoms with van der Waals surface area (Å²) >= 11 is 0. The van der Waals surface area contributed by atoms with Crippen LogP contribution < -0.4 is 5.32 Å². The van der Waals surface area contributed by atoms with Crippen molar-refractivity contribution in [3.05, 3.63) is 0 Å². The molecule has 2 rings (SSSR count). The minimum atomic E-state index is -4.48. The van der Waals surface area contributed by atoms with Crippen LogP contribution in [0.2, 0.25) is 0 Å². The van der Waals surface area contributed by atoms with Gasteiger partial charge in [-0.2, -0.15) is 0 Å². The molecule has 0 aromatic rings. The minimum absolute atomic E-state index is 0.0684. The van der Waals surface area contributed by atoms with Crippen LogP contribution in [0.4, 0.5) is 0 Å². The van der Waals surface area contributed by atoms with Crippen molar-refractivity contribution >= 4 is 21.9 Å². The van der Waals surface area contributed by atoms with E-state index in [4.69, 9.17) is 0 Å². The van der Waals surface area contributed by atoms with Crippen molar-refractivity contribution < 1.29 is 22.6 Å². The van der Waals surface area contributed by atoms with Gasteiger partial charge in [0.2, 0.25) is 11.8 Å². The second kappa shape index (κ2) is 12.0. The maximum Gasteiger partial charge on any atom is 0.223 e. The molecule has 2 saturated heterocycles. The molecular formula is C24H44N3O5S-. The Balaban J connectivity index is 2.20. The van der Waals surface area contributed by atoms with E-state index < -0.39 is 21.4 Å². The Kier molecular flexibility index (Phi) is 10.2. The summed E-state index contributed by atoms with van der Waals surface area (Å²) in [5, 5.41) is 2.84. The van der Waals surface area contributed by atoms with Gasteiger partial charge < -0.3 is 14.8 Å². The van der Waals surface area contributed by atoms with E-state index in [0.717, 1.165) is 32.2 Å². The van der Waals surface area contributed by atoms with Gasteiger partial charge in [-0.3, -0.25) is 14.5 Å². The topological polar surface area (TPSA) is 110 Å². The first-order valence-corrected chi connectivity index (χ1v) is 14.2. The lowest BCUT2D eigenvalue weighted by molar-refractivity contribution is -0.132. The second-order valence-corrected chi connectivity index (χ2v) is 12.2. The van der Waals surface area contributed by atoms with Gasteiger partial charge in [0, 0.05) is 42.5 Å². The monoisotopic (exact) mass is 486 g/mol. The largest absolute Gasteiger partial charge is 0.748 e. The SMILES string of the molecule is CCC(CC(CC(C)N1CCCC1=O)C(=O)NC(C)(C)CS(=O)(=O)[O-])N1CCCCCC1C. The van der Waals surface area contributed by atoms with E-state index in [1.165, 1.54) is 12.8 Å². The number of likely N-dealkylation sites (tertiary alicyclic amines) is 2.